The van der Waals surface area contributed by atoms with E-state index in [4.69, 9.17) is 0 Å². The largest absolute Gasteiger partial charge is 0.322 e. The van der Waals surface area contributed by atoms with E-state index in [2.05, 4.69) is 26.1 Å². The van der Waals surface area contributed by atoms with Gasteiger partial charge in [-0.2, -0.15) is 0 Å². The summed E-state index contributed by atoms with van der Waals surface area (Å²) >= 11 is 0. The molecule has 0 saturated heterocycles. The van der Waals surface area contributed by atoms with Gasteiger partial charge in [-0.25, -0.2) is 0 Å². The van der Waals surface area contributed by atoms with Crippen molar-refractivity contribution in [3.8, 4) is 0 Å². The number of anilines is 1. The molecule has 116 valence electrons. The summed E-state index contributed by atoms with van der Waals surface area (Å²) in [6.45, 7) is 6.46. The Bertz CT molecular complexity index is 683. The minimum absolute atomic E-state index is 0.0914. The van der Waals surface area contributed by atoms with Crippen molar-refractivity contribution in [1.29, 1.82) is 0 Å². The molecule has 0 aliphatic carbocycles. The number of amides is 1. The molecule has 0 aliphatic heterocycles. The predicted molar refractivity (Wildman–Crippen MR) is 91.9 cm³/mol. The van der Waals surface area contributed by atoms with Gasteiger partial charge < -0.3 is 5.32 Å². The smallest absolute Gasteiger partial charge is 0.255 e. The molecule has 1 unspecified atom stereocenters. The normalized spacial score (nSPS) is 12.7. The first-order valence-corrected chi connectivity index (χ1v) is 8.68. The minimum Gasteiger partial charge on any atom is -0.322 e. The molecular formula is C18H21NO2S. The lowest BCUT2D eigenvalue weighted by molar-refractivity contribution is 0.102. The van der Waals surface area contributed by atoms with Crippen molar-refractivity contribution in [3.05, 3.63) is 59.7 Å². The van der Waals surface area contributed by atoms with Gasteiger partial charge in [0, 0.05) is 33.2 Å². The molecule has 2 rings (SSSR count). The maximum absolute atomic E-state index is 12.2. The molecule has 3 nitrogen and oxygen atoms in total. The molecule has 0 aliphatic rings. The minimum atomic E-state index is -1.03. The highest BCUT2D eigenvalue weighted by Crippen LogP contribution is 2.23. The van der Waals surface area contributed by atoms with Crippen LogP contribution in [0.1, 0.15) is 36.7 Å². The van der Waals surface area contributed by atoms with E-state index in [1.54, 1.807) is 30.5 Å². The molecule has 0 saturated carbocycles. The average Bonchev–Trinajstić information content (AvgIpc) is 2.47. The average molecular weight is 315 g/mol. The van der Waals surface area contributed by atoms with Gasteiger partial charge >= 0.3 is 0 Å². The van der Waals surface area contributed by atoms with Crippen molar-refractivity contribution >= 4 is 22.4 Å². The van der Waals surface area contributed by atoms with Crippen molar-refractivity contribution in [2.45, 2.75) is 31.1 Å². The molecule has 0 fully saturated rings. The Hall–Kier alpha value is -1.94. The fourth-order valence-corrected chi connectivity index (χ4v) is 2.57. The number of benzene rings is 2. The van der Waals surface area contributed by atoms with Gasteiger partial charge in [0.15, 0.2) is 0 Å². The van der Waals surface area contributed by atoms with Crippen LogP contribution < -0.4 is 5.32 Å². The van der Waals surface area contributed by atoms with Gasteiger partial charge in [0.05, 0.1) is 0 Å². The first-order chi connectivity index (χ1) is 10.3. The first-order valence-electron chi connectivity index (χ1n) is 7.13. The molecule has 0 radical (unpaired) electrons. The van der Waals surface area contributed by atoms with Gasteiger partial charge in [-0.05, 0) is 47.4 Å². The van der Waals surface area contributed by atoms with Crippen LogP contribution in [0.4, 0.5) is 5.69 Å². The Morgan fingerprint density at radius 3 is 1.95 bits per heavy atom. The summed E-state index contributed by atoms with van der Waals surface area (Å²) in [6.07, 6.45) is 1.62. The predicted octanol–water partition coefficient (Wildman–Crippen LogP) is 3.97. The first kappa shape index (κ1) is 16.4. The summed E-state index contributed by atoms with van der Waals surface area (Å²) in [5.74, 6) is -0.169. The maximum atomic E-state index is 12.2. The van der Waals surface area contributed by atoms with Crippen LogP contribution in [0.15, 0.2) is 53.4 Å². The number of hydrogen-bond donors (Lipinski definition) is 1. The maximum Gasteiger partial charge on any atom is 0.255 e. The third kappa shape index (κ3) is 4.04. The molecule has 2 aromatic carbocycles. The van der Waals surface area contributed by atoms with Gasteiger partial charge in [0.25, 0.3) is 5.91 Å². The SMILES string of the molecule is CS(=O)c1ccc(C(=O)Nc2ccc(C(C)(C)C)cc2)cc1. The van der Waals surface area contributed by atoms with Crippen molar-refractivity contribution < 1.29 is 9.00 Å². The summed E-state index contributed by atoms with van der Waals surface area (Å²) < 4.78 is 11.3. The second-order valence-corrected chi connectivity index (χ2v) is 7.64. The monoisotopic (exact) mass is 315 g/mol. The van der Waals surface area contributed by atoms with Gasteiger partial charge in [0.1, 0.15) is 0 Å². The number of hydrogen-bond acceptors (Lipinski definition) is 2. The summed E-state index contributed by atoms with van der Waals surface area (Å²) in [4.78, 5) is 12.9. The van der Waals surface area contributed by atoms with Crippen LogP contribution in [0.3, 0.4) is 0 Å². The van der Waals surface area contributed by atoms with E-state index in [0.717, 1.165) is 5.69 Å². The molecule has 1 atom stereocenters. The molecule has 0 spiro atoms. The third-order valence-electron chi connectivity index (χ3n) is 3.46. The van der Waals surface area contributed by atoms with E-state index in [1.807, 2.05) is 24.3 Å². The van der Waals surface area contributed by atoms with E-state index >= 15 is 0 Å². The molecule has 0 bridgehead atoms. The Labute approximate surface area is 134 Å². The van der Waals surface area contributed by atoms with Crippen molar-refractivity contribution in [3.63, 3.8) is 0 Å². The lowest BCUT2D eigenvalue weighted by Gasteiger charge is -2.19. The standard InChI is InChI=1S/C18H21NO2S/c1-18(2,3)14-7-9-15(10-8-14)19-17(20)13-5-11-16(12-6-13)22(4)21/h5-12H,1-4H3,(H,19,20). The molecule has 4 heteroatoms. The zero-order chi connectivity index (χ0) is 16.3. The number of rotatable bonds is 3. The number of carbonyl (C=O) groups is 1. The molecule has 22 heavy (non-hydrogen) atoms. The quantitative estimate of drug-likeness (QED) is 0.931. The fourth-order valence-electron chi connectivity index (χ4n) is 2.05. The summed E-state index contributed by atoms with van der Waals surface area (Å²) in [7, 11) is -1.03. The second kappa shape index (κ2) is 6.44. The van der Waals surface area contributed by atoms with Gasteiger partial charge in [0.2, 0.25) is 0 Å². The Morgan fingerprint density at radius 2 is 1.50 bits per heavy atom. The number of nitrogens with one attached hydrogen (secondary N) is 1. The lowest BCUT2D eigenvalue weighted by atomic mass is 9.87. The van der Waals surface area contributed by atoms with Crippen LogP contribution in [-0.4, -0.2) is 16.4 Å². The number of carbonyl (C=O) groups excluding carboxylic acids is 1. The Morgan fingerprint density at radius 1 is 0.955 bits per heavy atom. The Kier molecular flexibility index (Phi) is 4.81. The highest BCUT2D eigenvalue weighted by atomic mass is 32.2. The highest BCUT2D eigenvalue weighted by molar-refractivity contribution is 7.84. The van der Waals surface area contributed by atoms with Crippen LogP contribution >= 0.6 is 0 Å². The second-order valence-electron chi connectivity index (χ2n) is 6.26. The van der Waals surface area contributed by atoms with Crippen LogP contribution in [0.2, 0.25) is 0 Å². The van der Waals surface area contributed by atoms with Crippen molar-refractivity contribution in [1.82, 2.24) is 0 Å². The van der Waals surface area contributed by atoms with E-state index in [9.17, 15) is 9.00 Å². The summed E-state index contributed by atoms with van der Waals surface area (Å²) in [5.41, 5.74) is 2.63. The Balaban J connectivity index is 2.10. The van der Waals surface area contributed by atoms with E-state index in [-0.39, 0.29) is 11.3 Å². The molecule has 0 aromatic heterocycles. The lowest BCUT2D eigenvalue weighted by Crippen LogP contribution is -2.13. The summed E-state index contributed by atoms with van der Waals surface area (Å²) in [5, 5.41) is 2.87. The fraction of sp³-hybridized carbons (Fsp3) is 0.278. The molecule has 1 N–H and O–H groups in total. The highest BCUT2D eigenvalue weighted by Gasteiger charge is 2.13. The van der Waals surface area contributed by atoms with Gasteiger partial charge in [-0.3, -0.25) is 9.00 Å². The van der Waals surface area contributed by atoms with E-state index in [1.165, 1.54) is 5.56 Å². The zero-order valence-corrected chi connectivity index (χ0v) is 14.2. The molecular weight excluding hydrogens is 294 g/mol. The third-order valence-corrected chi connectivity index (χ3v) is 4.39. The van der Waals surface area contributed by atoms with Crippen LogP contribution in [0.25, 0.3) is 0 Å². The van der Waals surface area contributed by atoms with Crippen LogP contribution in [-0.2, 0) is 16.2 Å². The molecule has 2 aromatic rings. The van der Waals surface area contributed by atoms with Crippen LogP contribution in [0, 0.1) is 0 Å². The van der Waals surface area contributed by atoms with Crippen molar-refractivity contribution in [2.75, 3.05) is 11.6 Å². The topological polar surface area (TPSA) is 46.2 Å². The zero-order valence-electron chi connectivity index (χ0n) is 13.3. The summed E-state index contributed by atoms with van der Waals surface area (Å²) in [6, 6.07) is 14.7. The van der Waals surface area contributed by atoms with Crippen LogP contribution in [0.5, 0.6) is 0 Å². The van der Waals surface area contributed by atoms with E-state index < -0.39 is 10.8 Å². The van der Waals surface area contributed by atoms with Gasteiger partial charge in [-0.15, -0.1) is 0 Å². The molecule has 0 heterocycles. The van der Waals surface area contributed by atoms with Gasteiger partial charge in [-0.1, -0.05) is 32.9 Å². The van der Waals surface area contributed by atoms with E-state index in [0.29, 0.717) is 10.5 Å². The van der Waals surface area contributed by atoms with Crippen molar-refractivity contribution in [2.24, 2.45) is 0 Å². The molecule has 1 amide bonds.